The molecule has 176 valence electrons. The van der Waals surface area contributed by atoms with Crippen LogP contribution in [0.1, 0.15) is 43.1 Å². The van der Waals surface area contributed by atoms with Gasteiger partial charge in [-0.2, -0.15) is 9.37 Å². The van der Waals surface area contributed by atoms with E-state index < -0.39 is 11.9 Å². The van der Waals surface area contributed by atoms with E-state index in [-0.39, 0.29) is 48.6 Å². The van der Waals surface area contributed by atoms with Crippen molar-refractivity contribution in [2.45, 2.75) is 38.0 Å². The van der Waals surface area contributed by atoms with Gasteiger partial charge in [-0.15, -0.1) is 0 Å². The lowest BCUT2D eigenvalue weighted by Gasteiger charge is -2.26. The standard InChI is InChI=1S/C23H22FN5O5/c1-33-23(32)16-11-13(15-3-2-10-25-21(15)24)4-6-17(16)27-19(31)8-9-20-28-22(29-34-20)18-7-5-14(30)12-26-18/h2-3,5,7,10,12-13,30H,4,6,8-9,11H2,1H3,(H,27,31). The number of hydrogen-bond donors (Lipinski definition) is 2. The summed E-state index contributed by atoms with van der Waals surface area (Å²) >= 11 is 0. The second-order valence-corrected chi connectivity index (χ2v) is 7.73. The van der Waals surface area contributed by atoms with Crippen molar-refractivity contribution in [2.75, 3.05) is 7.11 Å². The van der Waals surface area contributed by atoms with Crippen LogP contribution in [0.3, 0.4) is 0 Å². The van der Waals surface area contributed by atoms with Crippen LogP contribution in [0.15, 0.2) is 52.5 Å². The summed E-state index contributed by atoms with van der Waals surface area (Å²) in [4.78, 5) is 36.8. The number of carbonyl (C=O) groups excluding carboxylic acids is 2. The highest BCUT2D eigenvalue weighted by atomic mass is 19.1. The van der Waals surface area contributed by atoms with Crippen LogP contribution >= 0.6 is 0 Å². The van der Waals surface area contributed by atoms with Crippen molar-refractivity contribution < 1.29 is 28.3 Å². The van der Waals surface area contributed by atoms with Gasteiger partial charge in [0.05, 0.1) is 18.9 Å². The van der Waals surface area contributed by atoms with E-state index in [2.05, 4.69) is 25.4 Å². The number of methoxy groups -OCH3 is 1. The van der Waals surface area contributed by atoms with E-state index in [4.69, 9.17) is 9.26 Å². The van der Waals surface area contributed by atoms with Gasteiger partial charge in [0, 0.05) is 30.3 Å². The smallest absolute Gasteiger partial charge is 0.335 e. The highest BCUT2D eigenvalue weighted by Crippen LogP contribution is 2.36. The first-order valence-corrected chi connectivity index (χ1v) is 10.6. The number of nitrogens with zero attached hydrogens (tertiary/aromatic N) is 4. The van der Waals surface area contributed by atoms with Crippen LogP contribution in [-0.2, 0) is 20.7 Å². The van der Waals surface area contributed by atoms with Gasteiger partial charge in [-0.3, -0.25) is 4.79 Å². The minimum Gasteiger partial charge on any atom is -0.506 e. The quantitative estimate of drug-likeness (QED) is 0.396. The molecule has 0 aromatic carbocycles. The number of hydrogen-bond acceptors (Lipinski definition) is 9. The zero-order valence-electron chi connectivity index (χ0n) is 18.3. The lowest BCUT2D eigenvalue weighted by Crippen LogP contribution is -2.29. The predicted molar refractivity (Wildman–Crippen MR) is 115 cm³/mol. The second kappa shape index (κ2) is 10.2. The number of aromatic nitrogens is 4. The maximum atomic E-state index is 14.1. The predicted octanol–water partition coefficient (Wildman–Crippen LogP) is 2.81. The van der Waals surface area contributed by atoms with Crippen molar-refractivity contribution in [1.82, 2.24) is 25.4 Å². The number of nitrogens with one attached hydrogen (secondary N) is 1. The largest absolute Gasteiger partial charge is 0.506 e. The first kappa shape index (κ1) is 23.0. The van der Waals surface area contributed by atoms with Gasteiger partial charge in [0.15, 0.2) is 0 Å². The molecule has 1 atom stereocenters. The van der Waals surface area contributed by atoms with Crippen LogP contribution in [0.5, 0.6) is 5.75 Å². The summed E-state index contributed by atoms with van der Waals surface area (Å²) in [7, 11) is 1.26. The molecular weight excluding hydrogens is 445 g/mol. The average Bonchev–Trinajstić information content (AvgIpc) is 3.32. The fraction of sp³-hybridized carbons (Fsp3) is 0.304. The van der Waals surface area contributed by atoms with Gasteiger partial charge in [-0.05, 0) is 43.4 Å². The van der Waals surface area contributed by atoms with E-state index in [9.17, 15) is 19.1 Å². The molecule has 11 heteroatoms. The van der Waals surface area contributed by atoms with Crippen LogP contribution in [-0.4, -0.2) is 44.2 Å². The minimum absolute atomic E-state index is 0.0179. The summed E-state index contributed by atoms with van der Waals surface area (Å²) in [6.45, 7) is 0. The molecule has 4 rings (SSSR count). The highest BCUT2D eigenvalue weighted by molar-refractivity contribution is 5.91. The maximum absolute atomic E-state index is 14.1. The third-order valence-corrected chi connectivity index (χ3v) is 5.52. The number of pyridine rings is 2. The Morgan fingerprint density at radius 1 is 1.29 bits per heavy atom. The molecule has 2 N–H and O–H groups in total. The van der Waals surface area contributed by atoms with E-state index in [0.29, 0.717) is 35.4 Å². The summed E-state index contributed by atoms with van der Waals surface area (Å²) in [6, 6.07) is 6.30. The van der Waals surface area contributed by atoms with E-state index in [1.165, 1.54) is 25.6 Å². The van der Waals surface area contributed by atoms with Gasteiger partial charge in [-0.25, -0.2) is 14.8 Å². The van der Waals surface area contributed by atoms with Crippen molar-refractivity contribution in [3.05, 3.63) is 65.3 Å². The van der Waals surface area contributed by atoms with Crippen molar-refractivity contribution in [1.29, 1.82) is 0 Å². The number of carbonyl (C=O) groups is 2. The maximum Gasteiger partial charge on any atom is 0.335 e. The van der Waals surface area contributed by atoms with Crippen LogP contribution in [0.4, 0.5) is 4.39 Å². The molecule has 1 aliphatic carbocycles. The minimum atomic E-state index is -0.564. The van der Waals surface area contributed by atoms with E-state index in [1.807, 2.05) is 0 Å². The summed E-state index contributed by atoms with van der Waals surface area (Å²) in [5.41, 5.74) is 1.64. The van der Waals surface area contributed by atoms with Crippen molar-refractivity contribution in [2.24, 2.45) is 0 Å². The number of amides is 1. The molecule has 1 aliphatic rings. The molecule has 1 amide bonds. The lowest BCUT2D eigenvalue weighted by molar-refractivity contribution is -0.136. The van der Waals surface area contributed by atoms with Gasteiger partial charge < -0.3 is 19.7 Å². The molecule has 3 aromatic heterocycles. The van der Waals surface area contributed by atoms with Gasteiger partial charge in [0.1, 0.15) is 11.4 Å². The van der Waals surface area contributed by atoms with Crippen molar-refractivity contribution >= 4 is 11.9 Å². The first-order valence-electron chi connectivity index (χ1n) is 10.6. The fourth-order valence-electron chi connectivity index (χ4n) is 3.81. The van der Waals surface area contributed by atoms with Crippen LogP contribution < -0.4 is 5.32 Å². The molecule has 3 aromatic rings. The zero-order chi connectivity index (χ0) is 24.1. The molecular formula is C23H22FN5O5. The van der Waals surface area contributed by atoms with Gasteiger partial charge in [-0.1, -0.05) is 11.2 Å². The number of rotatable bonds is 7. The van der Waals surface area contributed by atoms with Crippen molar-refractivity contribution in [3.63, 3.8) is 0 Å². The van der Waals surface area contributed by atoms with Crippen LogP contribution in [0.2, 0.25) is 0 Å². The fourth-order valence-corrected chi connectivity index (χ4v) is 3.81. The van der Waals surface area contributed by atoms with Gasteiger partial charge in [0.2, 0.25) is 23.6 Å². The SMILES string of the molecule is COC(=O)C1=C(NC(=O)CCc2nc(-c3ccc(O)cn3)no2)CCC(c2cccnc2F)C1. The number of ether oxygens (including phenoxy) is 1. The molecule has 3 heterocycles. The van der Waals surface area contributed by atoms with E-state index in [1.54, 1.807) is 18.2 Å². The second-order valence-electron chi connectivity index (χ2n) is 7.73. The van der Waals surface area contributed by atoms with Crippen LogP contribution in [0, 0.1) is 5.95 Å². The first-order chi connectivity index (χ1) is 16.4. The normalized spacial score (nSPS) is 15.8. The highest BCUT2D eigenvalue weighted by Gasteiger charge is 2.29. The molecule has 1 unspecified atom stereocenters. The molecule has 10 nitrogen and oxygen atoms in total. The zero-order valence-corrected chi connectivity index (χ0v) is 18.3. The molecule has 34 heavy (non-hydrogen) atoms. The molecule has 0 saturated heterocycles. The lowest BCUT2D eigenvalue weighted by atomic mass is 9.82. The average molecular weight is 467 g/mol. The van der Waals surface area contributed by atoms with E-state index in [0.717, 1.165) is 0 Å². The molecule has 0 bridgehead atoms. The third kappa shape index (κ3) is 5.25. The summed E-state index contributed by atoms with van der Waals surface area (Å²) < 4.78 is 24.2. The Hall–Kier alpha value is -4.15. The van der Waals surface area contributed by atoms with Gasteiger partial charge >= 0.3 is 5.97 Å². The van der Waals surface area contributed by atoms with E-state index >= 15 is 0 Å². The summed E-state index contributed by atoms with van der Waals surface area (Å²) in [5, 5.41) is 15.9. The molecule has 0 radical (unpaired) electrons. The molecule has 0 aliphatic heterocycles. The Kier molecular flexibility index (Phi) is 6.90. The Morgan fingerprint density at radius 2 is 2.15 bits per heavy atom. The Balaban J connectivity index is 1.40. The summed E-state index contributed by atoms with van der Waals surface area (Å²) in [6.07, 6.45) is 4.03. The Bertz CT molecular complexity index is 1220. The third-order valence-electron chi connectivity index (χ3n) is 5.52. The number of allylic oxidation sites excluding steroid dienone is 1. The molecule has 0 saturated carbocycles. The number of esters is 1. The Labute approximate surface area is 193 Å². The van der Waals surface area contributed by atoms with Gasteiger partial charge in [0.25, 0.3) is 0 Å². The van der Waals surface area contributed by atoms with Crippen molar-refractivity contribution in [3.8, 4) is 17.3 Å². The monoisotopic (exact) mass is 467 g/mol. The molecule has 0 spiro atoms. The van der Waals surface area contributed by atoms with Crippen LogP contribution in [0.25, 0.3) is 11.5 Å². The summed E-state index contributed by atoms with van der Waals surface area (Å²) in [5.74, 6) is -1.19. The number of halogens is 1. The Morgan fingerprint density at radius 3 is 2.88 bits per heavy atom. The topological polar surface area (TPSA) is 140 Å². The number of aromatic hydroxyl groups is 1. The number of aryl methyl sites for hydroxylation is 1. The molecule has 0 fully saturated rings.